The summed E-state index contributed by atoms with van der Waals surface area (Å²) in [6.45, 7) is 3.66. The largest absolute Gasteiger partial charge is 0.399 e. The molecule has 2 heterocycles. The fourth-order valence-corrected chi connectivity index (χ4v) is 1.11. The van der Waals surface area contributed by atoms with Gasteiger partial charge in [-0.3, -0.25) is 0 Å². The quantitative estimate of drug-likeness (QED) is 0.680. The Bertz CT molecular complexity index is 428. The van der Waals surface area contributed by atoms with Gasteiger partial charge in [0.05, 0.1) is 0 Å². The Balaban J connectivity index is 2.68. The zero-order valence-corrected chi connectivity index (χ0v) is 6.57. The number of hydrogen-bond acceptors (Lipinski definition) is 2. The second-order valence-corrected chi connectivity index (χ2v) is 2.64. The number of hydrogen-bond donors (Lipinski definition) is 1. The van der Waals surface area contributed by atoms with Crippen molar-refractivity contribution in [1.29, 1.82) is 0 Å². The third-order valence-corrected chi connectivity index (χ3v) is 1.76. The summed E-state index contributed by atoms with van der Waals surface area (Å²) in [6, 6.07) is 3.82. The first-order valence-electron chi connectivity index (χ1n) is 3.65. The van der Waals surface area contributed by atoms with Gasteiger partial charge in [-0.2, -0.15) is 0 Å². The van der Waals surface area contributed by atoms with Crippen LogP contribution in [0.2, 0.25) is 0 Å². The van der Waals surface area contributed by atoms with Crippen LogP contribution in [0.3, 0.4) is 0 Å². The normalized spacial score (nSPS) is 10.3. The first-order chi connectivity index (χ1) is 5.77. The van der Waals surface area contributed by atoms with E-state index in [4.69, 9.17) is 5.73 Å². The molecule has 2 N–H and O–H groups in total. The van der Waals surface area contributed by atoms with Gasteiger partial charge in [0.2, 0.25) is 0 Å². The monoisotopic (exact) mass is 159 g/mol. The zero-order chi connectivity index (χ0) is 8.55. The van der Waals surface area contributed by atoms with E-state index in [0.29, 0.717) is 5.70 Å². The summed E-state index contributed by atoms with van der Waals surface area (Å²) < 4.78 is 1.91. The number of nitrogens with two attached hydrogens (primary N) is 1. The van der Waals surface area contributed by atoms with Crippen LogP contribution in [-0.4, -0.2) is 9.38 Å². The van der Waals surface area contributed by atoms with Crippen LogP contribution in [0.4, 0.5) is 0 Å². The van der Waals surface area contributed by atoms with E-state index in [2.05, 4.69) is 11.6 Å². The zero-order valence-electron chi connectivity index (χ0n) is 6.57. The molecular formula is C9H9N3. The maximum atomic E-state index is 5.55. The van der Waals surface area contributed by atoms with Crippen molar-refractivity contribution in [3.05, 3.63) is 42.9 Å². The second-order valence-electron chi connectivity index (χ2n) is 2.64. The summed E-state index contributed by atoms with van der Waals surface area (Å²) in [4.78, 5) is 4.11. The number of nitrogens with zero attached hydrogens (tertiary/aromatic N) is 2. The number of aromatic nitrogens is 2. The highest BCUT2D eigenvalue weighted by Gasteiger charge is 1.96. The molecule has 0 aromatic carbocycles. The van der Waals surface area contributed by atoms with Crippen LogP contribution in [0.5, 0.6) is 0 Å². The molecule has 12 heavy (non-hydrogen) atoms. The summed E-state index contributed by atoms with van der Waals surface area (Å²) in [5, 5.41) is 0. The average Bonchev–Trinajstić information content (AvgIpc) is 2.49. The highest BCUT2D eigenvalue weighted by atomic mass is 15.0. The topological polar surface area (TPSA) is 43.3 Å². The molecule has 0 aliphatic carbocycles. The van der Waals surface area contributed by atoms with Crippen molar-refractivity contribution in [2.24, 2.45) is 5.73 Å². The van der Waals surface area contributed by atoms with E-state index in [1.54, 1.807) is 6.20 Å². The number of fused-ring (bicyclic) bond motifs is 1. The molecule has 0 saturated carbocycles. The van der Waals surface area contributed by atoms with E-state index in [9.17, 15) is 0 Å². The van der Waals surface area contributed by atoms with Crippen LogP contribution in [0.25, 0.3) is 11.3 Å². The Kier molecular flexibility index (Phi) is 1.37. The van der Waals surface area contributed by atoms with Crippen molar-refractivity contribution >= 4 is 11.3 Å². The van der Waals surface area contributed by atoms with Crippen molar-refractivity contribution in [1.82, 2.24) is 9.38 Å². The molecule has 60 valence electrons. The van der Waals surface area contributed by atoms with Crippen molar-refractivity contribution in [3.63, 3.8) is 0 Å². The van der Waals surface area contributed by atoms with Crippen LogP contribution < -0.4 is 5.73 Å². The van der Waals surface area contributed by atoms with Crippen molar-refractivity contribution < 1.29 is 0 Å². The minimum Gasteiger partial charge on any atom is -0.399 e. The van der Waals surface area contributed by atoms with Crippen LogP contribution in [0.1, 0.15) is 5.56 Å². The van der Waals surface area contributed by atoms with Crippen molar-refractivity contribution in [2.45, 2.75) is 0 Å². The molecule has 0 fully saturated rings. The lowest BCUT2D eigenvalue weighted by molar-refractivity contribution is 1.17. The molecule has 0 radical (unpaired) electrons. The van der Waals surface area contributed by atoms with E-state index in [1.165, 1.54) is 0 Å². The first kappa shape index (κ1) is 6.91. The number of pyridine rings is 1. The van der Waals surface area contributed by atoms with Gasteiger partial charge in [0.25, 0.3) is 0 Å². The summed E-state index contributed by atoms with van der Waals surface area (Å²) in [5.74, 6) is 0. The molecule has 0 atom stereocenters. The maximum absolute atomic E-state index is 5.55. The average molecular weight is 159 g/mol. The molecule has 0 bridgehead atoms. The maximum Gasteiger partial charge on any atom is 0.136 e. The third-order valence-electron chi connectivity index (χ3n) is 1.76. The smallest absolute Gasteiger partial charge is 0.136 e. The predicted molar refractivity (Wildman–Crippen MR) is 48.4 cm³/mol. The number of imidazole rings is 1. The third kappa shape index (κ3) is 0.955. The summed E-state index contributed by atoms with van der Waals surface area (Å²) >= 11 is 0. The Morgan fingerprint density at radius 3 is 3.08 bits per heavy atom. The van der Waals surface area contributed by atoms with Crippen LogP contribution in [0, 0.1) is 0 Å². The molecule has 0 aliphatic heterocycles. The van der Waals surface area contributed by atoms with Crippen molar-refractivity contribution in [2.75, 3.05) is 0 Å². The van der Waals surface area contributed by atoms with E-state index in [-0.39, 0.29) is 0 Å². The molecule has 0 saturated heterocycles. The SMILES string of the molecule is C=C(N)c1ccc2nccn2c1. The summed E-state index contributed by atoms with van der Waals surface area (Å²) in [5.41, 5.74) is 7.97. The summed E-state index contributed by atoms with van der Waals surface area (Å²) in [7, 11) is 0. The van der Waals surface area contributed by atoms with Gasteiger partial charge in [-0.15, -0.1) is 0 Å². The fraction of sp³-hybridized carbons (Fsp3) is 0. The van der Waals surface area contributed by atoms with E-state index in [0.717, 1.165) is 11.2 Å². The minimum absolute atomic E-state index is 0.575. The predicted octanol–water partition coefficient (Wildman–Crippen LogP) is 1.26. The van der Waals surface area contributed by atoms with Gasteiger partial charge in [-0.1, -0.05) is 6.58 Å². The van der Waals surface area contributed by atoms with Gasteiger partial charge in [-0.05, 0) is 12.1 Å². The number of rotatable bonds is 1. The highest BCUT2D eigenvalue weighted by molar-refractivity contribution is 5.61. The standard InChI is InChI=1S/C9H9N3/c1-7(10)8-2-3-9-11-4-5-12(9)6-8/h2-6H,1,10H2. The Hall–Kier alpha value is -1.77. The molecule has 0 spiro atoms. The van der Waals surface area contributed by atoms with Gasteiger partial charge in [-0.25, -0.2) is 4.98 Å². The van der Waals surface area contributed by atoms with Gasteiger partial charge in [0, 0.05) is 29.9 Å². The Morgan fingerprint density at radius 2 is 2.33 bits per heavy atom. The Labute approximate surface area is 70.1 Å². The van der Waals surface area contributed by atoms with E-state index in [1.807, 2.05) is 28.9 Å². The molecular weight excluding hydrogens is 150 g/mol. The minimum atomic E-state index is 0.575. The van der Waals surface area contributed by atoms with Crippen LogP contribution in [-0.2, 0) is 0 Å². The molecule has 0 unspecified atom stereocenters. The van der Waals surface area contributed by atoms with E-state index >= 15 is 0 Å². The molecule has 3 heteroatoms. The summed E-state index contributed by atoms with van der Waals surface area (Å²) in [6.07, 6.45) is 5.53. The van der Waals surface area contributed by atoms with E-state index < -0.39 is 0 Å². The molecule has 2 aromatic rings. The first-order valence-corrected chi connectivity index (χ1v) is 3.65. The van der Waals surface area contributed by atoms with Gasteiger partial charge in [0.15, 0.2) is 0 Å². The van der Waals surface area contributed by atoms with Crippen molar-refractivity contribution in [3.8, 4) is 0 Å². The van der Waals surface area contributed by atoms with Gasteiger partial charge in [0.1, 0.15) is 5.65 Å². The van der Waals surface area contributed by atoms with Gasteiger partial charge < -0.3 is 10.1 Å². The lowest BCUT2D eigenvalue weighted by Crippen LogP contribution is -1.95. The lowest BCUT2D eigenvalue weighted by Gasteiger charge is -1.99. The molecule has 3 nitrogen and oxygen atoms in total. The fourth-order valence-electron chi connectivity index (χ4n) is 1.11. The Morgan fingerprint density at radius 1 is 1.50 bits per heavy atom. The lowest BCUT2D eigenvalue weighted by atomic mass is 10.2. The van der Waals surface area contributed by atoms with Gasteiger partial charge >= 0.3 is 0 Å². The highest BCUT2D eigenvalue weighted by Crippen LogP contribution is 2.08. The molecule has 2 rings (SSSR count). The second kappa shape index (κ2) is 2.37. The molecule has 0 amide bonds. The molecule has 0 aliphatic rings. The van der Waals surface area contributed by atoms with Crippen LogP contribution in [0.15, 0.2) is 37.3 Å². The molecule has 2 aromatic heterocycles. The van der Waals surface area contributed by atoms with Crippen LogP contribution >= 0.6 is 0 Å².